The molecule has 1 unspecified atom stereocenters. The molecule has 0 bridgehead atoms. The fourth-order valence-corrected chi connectivity index (χ4v) is 1.46. The molecule has 0 saturated heterocycles. The van der Waals surface area contributed by atoms with E-state index >= 15 is 0 Å². The molecule has 6 nitrogen and oxygen atoms in total. The van der Waals surface area contributed by atoms with Gasteiger partial charge in [0, 0.05) is 12.5 Å². The third-order valence-corrected chi connectivity index (χ3v) is 2.40. The SMILES string of the molecule is COc1ccc(C(N)CC(=O)NN)cc1OC. The van der Waals surface area contributed by atoms with E-state index in [0.717, 1.165) is 5.56 Å². The Hall–Kier alpha value is -1.79. The zero-order valence-electron chi connectivity index (χ0n) is 9.90. The van der Waals surface area contributed by atoms with Gasteiger partial charge in [0.25, 0.3) is 0 Å². The van der Waals surface area contributed by atoms with Crippen molar-refractivity contribution in [3.8, 4) is 11.5 Å². The van der Waals surface area contributed by atoms with Gasteiger partial charge in [-0.05, 0) is 17.7 Å². The summed E-state index contributed by atoms with van der Waals surface area (Å²) >= 11 is 0. The Morgan fingerprint density at radius 3 is 2.53 bits per heavy atom. The van der Waals surface area contributed by atoms with Crippen molar-refractivity contribution in [2.75, 3.05) is 14.2 Å². The van der Waals surface area contributed by atoms with E-state index in [-0.39, 0.29) is 12.3 Å². The quantitative estimate of drug-likeness (QED) is 0.384. The van der Waals surface area contributed by atoms with Gasteiger partial charge in [-0.25, -0.2) is 5.84 Å². The Morgan fingerprint density at radius 2 is 2.00 bits per heavy atom. The van der Waals surface area contributed by atoms with Crippen molar-refractivity contribution in [2.24, 2.45) is 11.6 Å². The minimum Gasteiger partial charge on any atom is -0.493 e. The third kappa shape index (κ3) is 3.33. The van der Waals surface area contributed by atoms with Crippen LogP contribution in [0.4, 0.5) is 0 Å². The van der Waals surface area contributed by atoms with Crippen LogP contribution in [-0.2, 0) is 4.79 Å². The van der Waals surface area contributed by atoms with Crippen LogP contribution in [0.5, 0.6) is 11.5 Å². The summed E-state index contributed by atoms with van der Waals surface area (Å²) < 4.78 is 10.3. The number of hydrogen-bond acceptors (Lipinski definition) is 5. The van der Waals surface area contributed by atoms with Gasteiger partial charge in [-0.3, -0.25) is 10.2 Å². The average Bonchev–Trinajstić information content (AvgIpc) is 2.37. The number of ether oxygens (including phenoxy) is 2. The van der Waals surface area contributed by atoms with E-state index < -0.39 is 6.04 Å². The molecule has 0 heterocycles. The Labute approximate surface area is 99.8 Å². The summed E-state index contributed by atoms with van der Waals surface area (Å²) in [6.45, 7) is 0. The lowest BCUT2D eigenvalue weighted by molar-refractivity contribution is -0.121. The van der Waals surface area contributed by atoms with Gasteiger partial charge in [0.1, 0.15) is 0 Å². The zero-order chi connectivity index (χ0) is 12.8. The van der Waals surface area contributed by atoms with E-state index in [1.165, 1.54) is 0 Å². The maximum absolute atomic E-state index is 11.1. The van der Waals surface area contributed by atoms with Gasteiger partial charge >= 0.3 is 0 Å². The molecule has 1 aromatic carbocycles. The molecular weight excluding hydrogens is 222 g/mol. The minimum atomic E-state index is -0.432. The fourth-order valence-electron chi connectivity index (χ4n) is 1.46. The number of nitrogens with two attached hydrogens (primary N) is 2. The summed E-state index contributed by atoms with van der Waals surface area (Å²) in [5.74, 6) is 5.88. The largest absolute Gasteiger partial charge is 0.493 e. The number of amides is 1. The predicted molar refractivity (Wildman–Crippen MR) is 63.4 cm³/mol. The lowest BCUT2D eigenvalue weighted by Crippen LogP contribution is -2.32. The van der Waals surface area contributed by atoms with Gasteiger partial charge in [-0.1, -0.05) is 6.07 Å². The highest BCUT2D eigenvalue weighted by atomic mass is 16.5. The summed E-state index contributed by atoms with van der Waals surface area (Å²) in [4.78, 5) is 11.1. The Balaban J connectivity index is 2.87. The van der Waals surface area contributed by atoms with Crippen molar-refractivity contribution in [3.05, 3.63) is 23.8 Å². The van der Waals surface area contributed by atoms with Crippen LogP contribution in [-0.4, -0.2) is 20.1 Å². The van der Waals surface area contributed by atoms with Crippen LogP contribution in [0.2, 0.25) is 0 Å². The molecule has 1 aromatic rings. The molecule has 0 aliphatic heterocycles. The molecule has 1 atom stereocenters. The minimum absolute atomic E-state index is 0.117. The van der Waals surface area contributed by atoms with E-state index in [4.69, 9.17) is 21.1 Å². The van der Waals surface area contributed by atoms with Crippen LogP contribution in [0, 0.1) is 0 Å². The number of carbonyl (C=O) groups is 1. The molecule has 6 heteroatoms. The summed E-state index contributed by atoms with van der Waals surface area (Å²) in [6, 6.07) is 4.84. The summed E-state index contributed by atoms with van der Waals surface area (Å²) in [5.41, 5.74) is 8.70. The van der Waals surface area contributed by atoms with Crippen molar-refractivity contribution < 1.29 is 14.3 Å². The first-order chi connectivity index (χ1) is 8.12. The first-order valence-corrected chi connectivity index (χ1v) is 5.09. The molecule has 0 aliphatic carbocycles. The van der Waals surface area contributed by atoms with Crippen molar-refractivity contribution in [2.45, 2.75) is 12.5 Å². The molecule has 0 aromatic heterocycles. The molecule has 0 radical (unpaired) electrons. The first kappa shape index (κ1) is 13.3. The summed E-state index contributed by atoms with van der Waals surface area (Å²) in [5, 5.41) is 0. The van der Waals surface area contributed by atoms with E-state index in [9.17, 15) is 4.79 Å². The number of benzene rings is 1. The van der Waals surface area contributed by atoms with Crippen LogP contribution >= 0.6 is 0 Å². The highest BCUT2D eigenvalue weighted by Crippen LogP contribution is 2.30. The van der Waals surface area contributed by atoms with E-state index in [1.54, 1.807) is 32.4 Å². The van der Waals surface area contributed by atoms with Gasteiger partial charge in [0.05, 0.1) is 14.2 Å². The molecule has 5 N–H and O–H groups in total. The standard InChI is InChI=1S/C11H17N3O3/c1-16-9-4-3-7(5-10(9)17-2)8(12)6-11(15)14-13/h3-5,8H,6,12-13H2,1-2H3,(H,14,15). The van der Waals surface area contributed by atoms with E-state index in [0.29, 0.717) is 11.5 Å². The molecule has 94 valence electrons. The van der Waals surface area contributed by atoms with Crippen LogP contribution in [0.1, 0.15) is 18.0 Å². The average molecular weight is 239 g/mol. The van der Waals surface area contributed by atoms with Crippen LogP contribution in [0.25, 0.3) is 0 Å². The Bertz CT molecular complexity index is 396. The lowest BCUT2D eigenvalue weighted by Gasteiger charge is -2.14. The number of methoxy groups -OCH3 is 2. The maximum Gasteiger partial charge on any atom is 0.235 e. The number of rotatable bonds is 5. The Morgan fingerprint density at radius 1 is 1.35 bits per heavy atom. The topological polar surface area (TPSA) is 99.6 Å². The highest BCUT2D eigenvalue weighted by Gasteiger charge is 2.13. The van der Waals surface area contributed by atoms with Crippen molar-refractivity contribution in [3.63, 3.8) is 0 Å². The smallest absolute Gasteiger partial charge is 0.235 e. The maximum atomic E-state index is 11.1. The van der Waals surface area contributed by atoms with Crippen molar-refractivity contribution in [1.82, 2.24) is 5.43 Å². The molecule has 0 spiro atoms. The molecule has 0 fully saturated rings. The van der Waals surface area contributed by atoms with Gasteiger partial charge in [0.2, 0.25) is 5.91 Å². The zero-order valence-corrected chi connectivity index (χ0v) is 9.90. The molecule has 17 heavy (non-hydrogen) atoms. The number of hydrogen-bond donors (Lipinski definition) is 3. The second-order valence-electron chi connectivity index (χ2n) is 3.49. The first-order valence-electron chi connectivity index (χ1n) is 5.09. The third-order valence-electron chi connectivity index (χ3n) is 2.40. The normalized spacial score (nSPS) is 11.8. The van der Waals surface area contributed by atoms with Gasteiger partial charge < -0.3 is 15.2 Å². The monoisotopic (exact) mass is 239 g/mol. The van der Waals surface area contributed by atoms with Gasteiger partial charge in [-0.2, -0.15) is 0 Å². The lowest BCUT2D eigenvalue weighted by atomic mass is 10.0. The van der Waals surface area contributed by atoms with E-state index in [1.807, 2.05) is 5.43 Å². The summed E-state index contributed by atoms with van der Waals surface area (Å²) in [7, 11) is 3.10. The van der Waals surface area contributed by atoms with Crippen molar-refractivity contribution in [1.29, 1.82) is 0 Å². The predicted octanol–water partition coefficient (Wildman–Crippen LogP) is 0.0836. The number of nitrogens with one attached hydrogen (secondary N) is 1. The molecule has 1 rings (SSSR count). The Kier molecular flexibility index (Phi) is 4.74. The highest BCUT2D eigenvalue weighted by molar-refractivity contribution is 5.76. The van der Waals surface area contributed by atoms with Crippen molar-refractivity contribution >= 4 is 5.91 Å². The molecule has 0 aliphatic rings. The van der Waals surface area contributed by atoms with Crippen LogP contribution < -0.4 is 26.5 Å². The van der Waals surface area contributed by atoms with Crippen LogP contribution in [0.3, 0.4) is 0 Å². The molecular formula is C11H17N3O3. The van der Waals surface area contributed by atoms with Gasteiger partial charge in [0.15, 0.2) is 11.5 Å². The second-order valence-corrected chi connectivity index (χ2v) is 3.49. The fraction of sp³-hybridized carbons (Fsp3) is 0.364. The second kappa shape index (κ2) is 6.07. The van der Waals surface area contributed by atoms with E-state index in [2.05, 4.69) is 0 Å². The number of hydrazine groups is 1. The van der Waals surface area contributed by atoms with Gasteiger partial charge in [-0.15, -0.1) is 0 Å². The molecule has 0 saturated carbocycles. The summed E-state index contributed by atoms with van der Waals surface area (Å²) in [6.07, 6.45) is 0.117. The van der Waals surface area contributed by atoms with Crippen LogP contribution in [0.15, 0.2) is 18.2 Å². The number of carbonyl (C=O) groups excluding carboxylic acids is 1. The molecule has 1 amide bonds.